The molecule has 1 heterocycles. The van der Waals surface area contributed by atoms with Crippen molar-refractivity contribution in [3.8, 4) is 0 Å². The highest BCUT2D eigenvalue weighted by Crippen LogP contribution is 2.05. The molecule has 0 aromatic carbocycles. The first kappa shape index (κ1) is 9.33. The van der Waals surface area contributed by atoms with Crippen molar-refractivity contribution in [3.05, 3.63) is 24.0 Å². The SMILES string of the molecule is CNCc1cccn1CC(C)C. The monoisotopic (exact) mass is 166 g/mol. The minimum Gasteiger partial charge on any atom is -0.350 e. The molecule has 2 nitrogen and oxygen atoms in total. The Kier molecular flexibility index (Phi) is 3.35. The normalized spacial score (nSPS) is 11.0. The average Bonchev–Trinajstić information content (AvgIpc) is 2.37. The van der Waals surface area contributed by atoms with E-state index in [0.717, 1.165) is 13.1 Å². The number of nitrogens with zero attached hydrogens (tertiary/aromatic N) is 1. The second-order valence-electron chi connectivity index (χ2n) is 3.58. The lowest BCUT2D eigenvalue weighted by Gasteiger charge is -2.10. The summed E-state index contributed by atoms with van der Waals surface area (Å²) in [7, 11) is 1.98. The van der Waals surface area contributed by atoms with Crippen molar-refractivity contribution >= 4 is 0 Å². The van der Waals surface area contributed by atoms with Gasteiger partial charge in [-0.15, -0.1) is 0 Å². The van der Waals surface area contributed by atoms with Crippen LogP contribution in [0, 0.1) is 5.92 Å². The summed E-state index contributed by atoms with van der Waals surface area (Å²) in [5.74, 6) is 0.716. The Morgan fingerprint density at radius 2 is 2.25 bits per heavy atom. The lowest BCUT2D eigenvalue weighted by Crippen LogP contribution is -2.12. The van der Waals surface area contributed by atoms with Crippen LogP contribution in [-0.2, 0) is 13.1 Å². The van der Waals surface area contributed by atoms with Gasteiger partial charge in [0.2, 0.25) is 0 Å². The number of aromatic nitrogens is 1. The van der Waals surface area contributed by atoms with Crippen LogP contribution in [0.4, 0.5) is 0 Å². The Morgan fingerprint density at radius 3 is 2.83 bits per heavy atom. The Balaban J connectivity index is 2.63. The number of hydrogen-bond acceptors (Lipinski definition) is 1. The number of nitrogens with one attached hydrogen (secondary N) is 1. The zero-order valence-electron chi connectivity index (χ0n) is 8.17. The molecule has 0 fully saturated rings. The van der Waals surface area contributed by atoms with Crippen LogP contribution in [0.5, 0.6) is 0 Å². The maximum atomic E-state index is 3.16. The third-order valence-electron chi connectivity index (χ3n) is 1.84. The van der Waals surface area contributed by atoms with E-state index in [9.17, 15) is 0 Å². The molecule has 0 saturated heterocycles. The molecule has 1 aromatic heterocycles. The van der Waals surface area contributed by atoms with Crippen LogP contribution in [0.1, 0.15) is 19.5 Å². The largest absolute Gasteiger partial charge is 0.350 e. The summed E-state index contributed by atoms with van der Waals surface area (Å²) in [4.78, 5) is 0. The van der Waals surface area contributed by atoms with Gasteiger partial charge in [-0.05, 0) is 25.1 Å². The van der Waals surface area contributed by atoms with Crippen LogP contribution in [0.15, 0.2) is 18.3 Å². The van der Waals surface area contributed by atoms with E-state index in [1.807, 2.05) is 7.05 Å². The molecule has 1 aromatic rings. The van der Waals surface area contributed by atoms with Crippen LogP contribution in [0.3, 0.4) is 0 Å². The maximum absolute atomic E-state index is 3.16. The molecule has 0 radical (unpaired) electrons. The molecule has 12 heavy (non-hydrogen) atoms. The van der Waals surface area contributed by atoms with E-state index in [-0.39, 0.29) is 0 Å². The highest BCUT2D eigenvalue weighted by atomic mass is 15.0. The molecule has 0 aliphatic rings. The second-order valence-corrected chi connectivity index (χ2v) is 3.58. The fourth-order valence-corrected chi connectivity index (χ4v) is 1.36. The zero-order chi connectivity index (χ0) is 8.97. The van der Waals surface area contributed by atoms with Gasteiger partial charge in [0, 0.05) is 25.0 Å². The molecular weight excluding hydrogens is 148 g/mol. The highest BCUT2D eigenvalue weighted by molar-refractivity contribution is 5.06. The van der Waals surface area contributed by atoms with E-state index in [1.165, 1.54) is 5.69 Å². The molecule has 0 atom stereocenters. The molecule has 1 rings (SSSR count). The summed E-state index contributed by atoms with van der Waals surface area (Å²) in [6.45, 7) is 6.55. The van der Waals surface area contributed by atoms with Gasteiger partial charge in [-0.2, -0.15) is 0 Å². The van der Waals surface area contributed by atoms with Gasteiger partial charge in [0.05, 0.1) is 0 Å². The molecule has 0 spiro atoms. The van der Waals surface area contributed by atoms with Crippen molar-refractivity contribution in [2.45, 2.75) is 26.9 Å². The zero-order valence-corrected chi connectivity index (χ0v) is 8.17. The van der Waals surface area contributed by atoms with E-state index in [0.29, 0.717) is 5.92 Å². The molecule has 68 valence electrons. The first-order valence-corrected chi connectivity index (χ1v) is 4.52. The fourth-order valence-electron chi connectivity index (χ4n) is 1.36. The summed E-state index contributed by atoms with van der Waals surface area (Å²) in [5, 5.41) is 3.16. The summed E-state index contributed by atoms with van der Waals surface area (Å²) >= 11 is 0. The van der Waals surface area contributed by atoms with Gasteiger partial charge >= 0.3 is 0 Å². The van der Waals surface area contributed by atoms with Crippen molar-refractivity contribution in [2.24, 2.45) is 5.92 Å². The highest BCUT2D eigenvalue weighted by Gasteiger charge is 2.00. The minimum absolute atomic E-state index is 0.716. The molecule has 0 aliphatic heterocycles. The summed E-state index contributed by atoms with van der Waals surface area (Å²) in [5.41, 5.74) is 1.37. The predicted molar refractivity (Wildman–Crippen MR) is 52.0 cm³/mol. The molecule has 1 N–H and O–H groups in total. The smallest absolute Gasteiger partial charge is 0.0356 e. The van der Waals surface area contributed by atoms with Crippen LogP contribution in [0.25, 0.3) is 0 Å². The summed E-state index contributed by atoms with van der Waals surface area (Å²) < 4.78 is 2.31. The van der Waals surface area contributed by atoms with Gasteiger partial charge in [-0.1, -0.05) is 13.8 Å². The third kappa shape index (κ3) is 2.38. The second kappa shape index (κ2) is 4.31. The lowest BCUT2D eigenvalue weighted by atomic mass is 10.2. The Labute approximate surface area is 74.6 Å². The third-order valence-corrected chi connectivity index (χ3v) is 1.84. The Hall–Kier alpha value is -0.760. The van der Waals surface area contributed by atoms with Crippen LogP contribution in [0.2, 0.25) is 0 Å². The predicted octanol–water partition coefficient (Wildman–Crippen LogP) is 1.86. The Morgan fingerprint density at radius 1 is 1.50 bits per heavy atom. The van der Waals surface area contributed by atoms with Gasteiger partial charge in [0.15, 0.2) is 0 Å². The van der Waals surface area contributed by atoms with E-state index in [1.54, 1.807) is 0 Å². The molecule has 0 aliphatic carbocycles. The van der Waals surface area contributed by atoms with Crippen molar-refractivity contribution < 1.29 is 0 Å². The van der Waals surface area contributed by atoms with Gasteiger partial charge in [-0.3, -0.25) is 0 Å². The molecule has 0 unspecified atom stereocenters. The number of rotatable bonds is 4. The van der Waals surface area contributed by atoms with Crippen molar-refractivity contribution in [1.29, 1.82) is 0 Å². The molecule has 2 heteroatoms. The van der Waals surface area contributed by atoms with E-state index >= 15 is 0 Å². The van der Waals surface area contributed by atoms with Crippen molar-refractivity contribution in [2.75, 3.05) is 7.05 Å². The van der Waals surface area contributed by atoms with Gasteiger partial charge < -0.3 is 9.88 Å². The van der Waals surface area contributed by atoms with Crippen LogP contribution < -0.4 is 5.32 Å². The molecule has 0 saturated carbocycles. The standard InChI is InChI=1S/C10H18N2/c1-9(2)8-12-6-4-5-10(12)7-11-3/h4-6,9,11H,7-8H2,1-3H3. The molecule has 0 bridgehead atoms. The minimum atomic E-state index is 0.716. The first-order chi connectivity index (χ1) is 5.74. The summed E-state index contributed by atoms with van der Waals surface area (Å²) in [6.07, 6.45) is 2.15. The topological polar surface area (TPSA) is 17.0 Å². The van der Waals surface area contributed by atoms with Crippen LogP contribution >= 0.6 is 0 Å². The Bertz CT molecular complexity index is 225. The average molecular weight is 166 g/mol. The first-order valence-electron chi connectivity index (χ1n) is 4.52. The van der Waals surface area contributed by atoms with Crippen LogP contribution in [-0.4, -0.2) is 11.6 Å². The molecular formula is C10H18N2. The summed E-state index contributed by atoms with van der Waals surface area (Å²) in [6, 6.07) is 4.27. The molecule has 0 amide bonds. The quantitative estimate of drug-likeness (QED) is 0.722. The fraction of sp³-hybridized carbons (Fsp3) is 0.600. The van der Waals surface area contributed by atoms with Crippen molar-refractivity contribution in [1.82, 2.24) is 9.88 Å². The maximum Gasteiger partial charge on any atom is 0.0356 e. The lowest BCUT2D eigenvalue weighted by molar-refractivity contribution is 0.506. The van der Waals surface area contributed by atoms with Crippen molar-refractivity contribution in [3.63, 3.8) is 0 Å². The van der Waals surface area contributed by atoms with E-state index in [4.69, 9.17) is 0 Å². The van der Waals surface area contributed by atoms with E-state index in [2.05, 4.69) is 42.1 Å². The van der Waals surface area contributed by atoms with Gasteiger partial charge in [0.25, 0.3) is 0 Å². The van der Waals surface area contributed by atoms with Gasteiger partial charge in [-0.25, -0.2) is 0 Å². The number of hydrogen-bond donors (Lipinski definition) is 1. The van der Waals surface area contributed by atoms with Gasteiger partial charge in [0.1, 0.15) is 0 Å². The van der Waals surface area contributed by atoms with E-state index < -0.39 is 0 Å².